The number of rotatable bonds is 2. The Bertz CT molecular complexity index is 1050. The molecule has 0 atom stereocenters. The second kappa shape index (κ2) is 6.80. The second-order valence-electron chi connectivity index (χ2n) is 7.52. The quantitative estimate of drug-likeness (QED) is 0.360. The van der Waals surface area contributed by atoms with Crippen molar-refractivity contribution in [1.29, 1.82) is 0 Å². The molecule has 3 aromatic rings. The van der Waals surface area contributed by atoms with E-state index in [-0.39, 0.29) is 5.39 Å². The number of hydrogen-bond acceptors (Lipinski definition) is 2. The Morgan fingerprint density at radius 1 is 0.929 bits per heavy atom. The molecule has 0 spiro atoms. The molecule has 0 N–H and O–H groups in total. The number of carbonyl (C=O) groups is 1. The minimum atomic E-state index is -4.46. The molecular formula is C23H21F3O2. The number of benzene rings is 3. The first-order chi connectivity index (χ1) is 13.3. The van der Waals surface area contributed by atoms with Crippen molar-refractivity contribution in [2.24, 2.45) is 0 Å². The van der Waals surface area contributed by atoms with Gasteiger partial charge in [-0.3, -0.25) is 4.79 Å². The van der Waals surface area contributed by atoms with Crippen LogP contribution in [0.15, 0.2) is 48.5 Å². The molecule has 1 aliphatic carbocycles. The average molecular weight is 386 g/mol. The Balaban J connectivity index is 2.14. The molecule has 0 amide bonds. The fourth-order valence-electron chi connectivity index (χ4n) is 4.63. The van der Waals surface area contributed by atoms with Gasteiger partial charge < -0.3 is 4.74 Å². The number of ether oxygens (including phenoxy) is 1. The highest BCUT2D eigenvalue weighted by Crippen LogP contribution is 2.48. The van der Waals surface area contributed by atoms with Crippen LogP contribution in [0.2, 0.25) is 0 Å². The fraction of sp³-hybridized carbons (Fsp3) is 0.348. The monoisotopic (exact) mass is 386 g/mol. The smallest absolute Gasteiger partial charge is 0.417 e. The van der Waals surface area contributed by atoms with Crippen molar-refractivity contribution in [2.45, 2.75) is 50.8 Å². The Hall–Kier alpha value is -2.56. The molecule has 4 rings (SSSR count). The summed E-state index contributed by atoms with van der Waals surface area (Å²) in [6, 6.07) is 13.3. The maximum absolute atomic E-state index is 13.7. The van der Waals surface area contributed by atoms with Crippen molar-refractivity contribution < 1.29 is 22.7 Å². The van der Waals surface area contributed by atoms with E-state index in [4.69, 9.17) is 4.74 Å². The van der Waals surface area contributed by atoms with E-state index < -0.39 is 23.3 Å². The summed E-state index contributed by atoms with van der Waals surface area (Å²) in [4.78, 5) is 12.0. The van der Waals surface area contributed by atoms with E-state index in [0.717, 1.165) is 36.1 Å². The van der Waals surface area contributed by atoms with Crippen LogP contribution in [-0.2, 0) is 21.3 Å². The highest BCUT2D eigenvalue weighted by molar-refractivity contribution is 6.04. The van der Waals surface area contributed by atoms with E-state index in [1.165, 1.54) is 13.0 Å². The van der Waals surface area contributed by atoms with Crippen LogP contribution in [0.4, 0.5) is 13.2 Å². The van der Waals surface area contributed by atoms with E-state index >= 15 is 0 Å². The van der Waals surface area contributed by atoms with Crippen LogP contribution >= 0.6 is 0 Å². The normalized spacial score (nSPS) is 17.0. The minimum absolute atomic E-state index is 0.154. The third-order valence-corrected chi connectivity index (χ3v) is 5.67. The van der Waals surface area contributed by atoms with Crippen molar-refractivity contribution in [1.82, 2.24) is 0 Å². The van der Waals surface area contributed by atoms with Gasteiger partial charge in [-0.25, -0.2) is 0 Å². The van der Waals surface area contributed by atoms with E-state index in [0.29, 0.717) is 23.8 Å². The summed E-state index contributed by atoms with van der Waals surface area (Å²) >= 11 is 0. The number of alkyl halides is 3. The van der Waals surface area contributed by atoms with Crippen molar-refractivity contribution >= 4 is 27.5 Å². The van der Waals surface area contributed by atoms with Gasteiger partial charge in [0.1, 0.15) is 5.60 Å². The first-order valence-corrected chi connectivity index (χ1v) is 9.54. The number of halogens is 3. The van der Waals surface area contributed by atoms with Crippen LogP contribution in [0.3, 0.4) is 0 Å². The second-order valence-corrected chi connectivity index (χ2v) is 7.52. The summed E-state index contributed by atoms with van der Waals surface area (Å²) < 4.78 is 47.0. The number of esters is 1. The van der Waals surface area contributed by atoms with Gasteiger partial charge in [-0.2, -0.15) is 13.2 Å². The van der Waals surface area contributed by atoms with Crippen LogP contribution < -0.4 is 0 Å². The fourth-order valence-corrected chi connectivity index (χ4v) is 4.63. The Kier molecular flexibility index (Phi) is 4.56. The number of fused-ring (bicyclic) bond motifs is 2. The molecule has 2 nitrogen and oxygen atoms in total. The molecule has 28 heavy (non-hydrogen) atoms. The van der Waals surface area contributed by atoms with Gasteiger partial charge in [-0.15, -0.1) is 0 Å². The summed E-state index contributed by atoms with van der Waals surface area (Å²) in [6.45, 7) is 1.37. The summed E-state index contributed by atoms with van der Waals surface area (Å²) in [5.41, 5.74) is -0.847. The molecule has 1 aliphatic rings. The molecule has 0 unspecified atom stereocenters. The molecule has 1 saturated carbocycles. The molecule has 146 valence electrons. The highest BCUT2D eigenvalue weighted by atomic mass is 19.4. The van der Waals surface area contributed by atoms with E-state index in [9.17, 15) is 18.0 Å². The summed E-state index contributed by atoms with van der Waals surface area (Å²) in [5, 5.41) is 2.23. The van der Waals surface area contributed by atoms with Crippen molar-refractivity contribution in [3.05, 3.63) is 59.7 Å². The van der Waals surface area contributed by atoms with Gasteiger partial charge >= 0.3 is 12.1 Å². The molecule has 0 bridgehead atoms. The lowest BCUT2D eigenvalue weighted by molar-refractivity contribution is -0.161. The first kappa shape index (κ1) is 18.8. The zero-order valence-electron chi connectivity index (χ0n) is 15.6. The molecule has 1 fully saturated rings. The van der Waals surface area contributed by atoms with E-state index in [2.05, 4.69) is 0 Å². The lowest BCUT2D eigenvalue weighted by Crippen LogP contribution is -2.34. The Morgan fingerprint density at radius 2 is 1.61 bits per heavy atom. The zero-order chi connectivity index (χ0) is 19.9. The van der Waals surface area contributed by atoms with Crippen molar-refractivity contribution in [2.75, 3.05) is 0 Å². The van der Waals surface area contributed by atoms with Gasteiger partial charge in [0.15, 0.2) is 0 Å². The highest BCUT2D eigenvalue weighted by Gasteiger charge is 2.41. The van der Waals surface area contributed by atoms with Gasteiger partial charge in [0, 0.05) is 12.5 Å². The minimum Gasteiger partial charge on any atom is -0.454 e. The largest absolute Gasteiger partial charge is 0.454 e. The Labute approximate surface area is 161 Å². The third-order valence-electron chi connectivity index (χ3n) is 5.67. The SMILES string of the molecule is CC(=O)OC1(c2c3ccccc3cc3c(C(F)(F)F)cccc23)CCCCC1. The van der Waals surface area contributed by atoms with Gasteiger partial charge in [-0.05, 0) is 59.4 Å². The van der Waals surface area contributed by atoms with Gasteiger partial charge in [0.2, 0.25) is 0 Å². The number of carbonyl (C=O) groups excluding carboxylic acids is 1. The summed E-state index contributed by atoms with van der Waals surface area (Å²) in [5.74, 6) is -0.407. The lowest BCUT2D eigenvalue weighted by atomic mass is 9.75. The molecule has 0 aromatic heterocycles. The van der Waals surface area contributed by atoms with Crippen molar-refractivity contribution in [3.63, 3.8) is 0 Å². The third kappa shape index (κ3) is 3.13. The molecular weight excluding hydrogens is 365 g/mol. The standard InChI is InChI=1S/C23H21F3O2/c1-15(27)28-22(12-5-2-6-13-22)21-17-9-4-3-8-16(17)14-19-18(21)10-7-11-20(19)23(24,25)26/h3-4,7-11,14H,2,5-6,12-13H2,1H3. The average Bonchev–Trinajstić information content (AvgIpc) is 2.64. The molecule has 0 aliphatic heterocycles. The zero-order valence-corrected chi connectivity index (χ0v) is 15.6. The molecule has 0 radical (unpaired) electrons. The molecule has 3 aromatic carbocycles. The van der Waals surface area contributed by atoms with E-state index in [1.54, 1.807) is 12.1 Å². The molecule has 0 heterocycles. The molecule has 0 saturated heterocycles. The van der Waals surface area contributed by atoms with Gasteiger partial charge in [0.05, 0.1) is 5.56 Å². The van der Waals surface area contributed by atoms with Crippen LogP contribution in [-0.4, -0.2) is 5.97 Å². The van der Waals surface area contributed by atoms with Gasteiger partial charge in [0.25, 0.3) is 0 Å². The maximum atomic E-state index is 13.7. The topological polar surface area (TPSA) is 26.3 Å². The predicted molar refractivity (Wildman–Crippen MR) is 103 cm³/mol. The maximum Gasteiger partial charge on any atom is 0.417 e. The lowest BCUT2D eigenvalue weighted by Gasteiger charge is -2.38. The summed E-state index contributed by atoms with van der Waals surface area (Å²) in [7, 11) is 0. The molecule has 5 heteroatoms. The summed E-state index contributed by atoms with van der Waals surface area (Å²) in [6.07, 6.45) is -0.453. The predicted octanol–water partition coefficient (Wildman–Crippen LogP) is 6.73. The van der Waals surface area contributed by atoms with Crippen LogP contribution in [0.25, 0.3) is 21.5 Å². The first-order valence-electron chi connectivity index (χ1n) is 9.54. The van der Waals surface area contributed by atoms with Gasteiger partial charge in [-0.1, -0.05) is 42.8 Å². The van der Waals surface area contributed by atoms with Crippen LogP contribution in [0, 0.1) is 0 Å². The van der Waals surface area contributed by atoms with E-state index in [1.807, 2.05) is 24.3 Å². The van der Waals surface area contributed by atoms with Crippen LogP contribution in [0.5, 0.6) is 0 Å². The van der Waals surface area contributed by atoms with Crippen molar-refractivity contribution in [3.8, 4) is 0 Å². The van der Waals surface area contributed by atoms with Crippen LogP contribution in [0.1, 0.15) is 50.2 Å². The number of hydrogen-bond donors (Lipinski definition) is 0. The Morgan fingerprint density at radius 3 is 2.29 bits per heavy atom.